The summed E-state index contributed by atoms with van der Waals surface area (Å²) in [4.78, 5) is 2.59. The summed E-state index contributed by atoms with van der Waals surface area (Å²) in [7, 11) is 0. The highest BCUT2D eigenvalue weighted by atomic mass is 15.1. The number of rotatable bonds is 3. The smallest absolute Gasteiger partial charge is 0.0160 e. The van der Waals surface area contributed by atoms with E-state index in [1.807, 2.05) is 0 Å². The monoisotopic (exact) mass is 255 g/mol. The van der Waals surface area contributed by atoms with Crippen molar-refractivity contribution < 1.29 is 0 Å². The minimum Gasteiger partial charge on any atom is -0.299 e. The lowest BCUT2D eigenvalue weighted by Crippen LogP contribution is -2.51. The molecular weight excluding hydrogens is 230 g/mol. The Hall–Kier alpha value is -1.08. The van der Waals surface area contributed by atoms with Crippen molar-refractivity contribution in [2.24, 2.45) is 5.92 Å². The molecule has 19 heavy (non-hydrogen) atoms. The van der Waals surface area contributed by atoms with E-state index in [2.05, 4.69) is 47.9 Å². The van der Waals surface area contributed by atoms with Crippen LogP contribution in [0.4, 0.5) is 0 Å². The average Bonchev–Trinajstić information content (AvgIpc) is 2.48. The molecule has 0 amide bonds. The predicted octanol–water partition coefficient (Wildman–Crippen LogP) is 4.01. The first-order valence-electron chi connectivity index (χ1n) is 7.74. The Kier molecular flexibility index (Phi) is 3.74. The fraction of sp³-hybridized carbons (Fsp3) is 0.556. The van der Waals surface area contributed by atoms with Crippen LogP contribution in [0.1, 0.15) is 37.7 Å². The Balaban J connectivity index is 1.87. The lowest BCUT2D eigenvalue weighted by molar-refractivity contribution is 0.0628. The van der Waals surface area contributed by atoms with Gasteiger partial charge in [-0.15, -0.1) is 6.58 Å². The van der Waals surface area contributed by atoms with Gasteiger partial charge >= 0.3 is 0 Å². The number of nitrogens with zero attached hydrogens (tertiary/aromatic N) is 1. The molecule has 1 saturated carbocycles. The third-order valence-electron chi connectivity index (χ3n) is 5.30. The summed E-state index contributed by atoms with van der Waals surface area (Å²) < 4.78 is 0. The Labute approximate surface area is 117 Å². The molecule has 0 spiro atoms. The van der Waals surface area contributed by atoms with E-state index in [-0.39, 0.29) is 0 Å². The minimum absolute atomic E-state index is 0.469. The second-order valence-corrected chi connectivity index (χ2v) is 6.26. The van der Waals surface area contributed by atoms with Crippen molar-refractivity contribution in [2.75, 3.05) is 19.6 Å². The van der Waals surface area contributed by atoms with E-state index in [4.69, 9.17) is 0 Å². The summed E-state index contributed by atoms with van der Waals surface area (Å²) in [5.41, 5.74) is 2.06. The van der Waals surface area contributed by atoms with E-state index >= 15 is 0 Å². The molecule has 0 aromatic heterocycles. The second-order valence-electron chi connectivity index (χ2n) is 6.26. The van der Waals surface area contributed by atoms with Crippen LogP contribution in [-0.2, 0) is 5.41 Å². The van der Waals surface area contributed by atoms with E-state index in [9.17, 15) is 0 Å². The van der Waals surface area contributed by atoms with E-state index in [0.29, 0.717) is 5.41 Å². The van der Waals surface area contributed by atoms with Gasteiger partial charge in [0.1, 0.15) is 0 Å². The maximum atomic E-state index is 3.89. The molecule has 1 aliphatic carbocycles. The van der Waals surface area contributed by atoms with Gasteiger partial charge < -0.3 is 0 Å². The summed E-state index contributed by atoms with van der Waals surface area (Å²) in [5, 5.41) is 0. The first-order valence-corrected chi connectivity index (χ1v) is 7.74. The molecule has 1 heteroatoms. The van der Waals surface area contributed by atoms with Crippen molar-refractivity contribution in [1.29, 1.82) is 0 Å². The quantitative estimate of drug-likeness (QED) is 0.738. The first-order chi connectivity index (χ1) is 9.35. The fourth-order valence-corrected chi connectivity index (χ4v) is 4.31. The molecule has 2 aliphatic rings. The van der Waals surface area contributed by atoms with Gasteiger partial charge in [0.25, 0.3) is 0 Å². The van der Waals surface area contributed by atoms with Crippen LogP contribution in [0.25, 0.3) is 0 Å². The summed E-state index contributed by atoms with van der Waals surface area (Å²) in [6.45, 7) is 7.45. The van der Waals surface area contributed by atoms with Gasteiger partial charge in [-0.05, 0) is 37.3 Å². The zero-order valence-corrected chi connectivity index (χ0v) is 11.9. The van der Waals surface area contributed by atoms with Crippen molar-refractivity contribution in [3.63, 3.8) is 0 Å². The van der Waals surface area contributed by atoms with Crippen molar-refractivity contribution in [3.8, 4) is 0 Å². The van der Waals surface area contributed by atoms with Gasteiger partial charge in [0.15, 0.2) is 0 Å². The van der Waals surface area contributed by atoms with Crippen molar-refractivity contribution in [2.45, 2.75) is 37.5 Å². The summed E-state index contributed by atoms with van der Waals surface area (Å²) in [6.07, 6.45) is 9.01. The van der Waals surface area contributed by atoms with Crippen LogP contribution in [0.3, 0.4) is 0 Å². The van der Waals surface area contributed by atoms with Crippen molar-refractivity contribution in [1.82, 2.24) is 4.90 Å². The average molecular weight is 255 g/mol. The Bertz CT molecular complexity index is 425. The molecule has 0 radical (unpaired) electrons. The molecule has 1 aromatic carbocycles. The van der Waals surface area contributed by atoms with E-state index < -0.39 is 0 Å². The highest BCUT2D eigenvalue weighted by Gasteiger charge is 2.44. The van der Waals surface area contributed by atoms with Crippen molar-refractivity contribution >= 4 is 0 Å². The van der Waals surface area contributed by atoms with Crippen LogP contribution >= 0.6 is 0 Å². The van der Waals surface area contributed by atoms with Gasteiger partial charge in [-0.1, -0.05) is 49.2 Å². The predicted molar refractivity (Wildman–Crippen MR) is 81.3 cm³/mol. The van der Waals surface area contributed by atoms with E-state index in [0.717, 1.165) is 12.5 Å². The Morgan fingerprint density at radius 3 is 2.84 bits per heavy atom. The topological polar surface area (TPSA) is 3.24 Å². The zero-order chi connectivity index (χ0) is 13.1. The zero-order valence-electron chi connectivity index (χ0n) is 11.9. The van der Waals surface area contributed by atoms with Gasteiger partial charge in [0.2, 0.25) is 0 Å². The number of piperidine rings is 1. The van der Waals surface area contributed by atoms with Crippen LogP contribution in [0.15, 0.2) is 43.0 Å². The molecule has 1 heterocycles. The molecule has 0 bridgehead atoms. The van der Waals surface area contributed by atoms with Crippen LogP contribution in [0, 0.1) is 5.92 Å². The van der Waals surface area contributed by atoms with E-state index in [1.54, 1.807) is 5.56 Å². The van der Waals surface area contributed by atoms with E-state index in [1.165, 1.54) is 45.2 Å². The standard InChI is InChI=1S/C18H25N/c1-2-13-19-14-12-18(16-8-4-3-5-9-16)11-7-6-10-17(18)15-19/h2-5,8-9,17H,1,6-7,10-15H2/t17-,18-/m1/s1. The molecular formula is C18H25N. The molecule has 2 atom stereocenters. The molecule has 0 N–H and O–H groups in total. The van der Waals surface area contributed by atoms with Gasteiger partial charge in [-0.25, -0.2) is 0 Å². The summed E-state index contributed by atoms with van der Waals surface area (Å²) >= 11 is 0. The minimum atomic E-state index is 0.469. The lowest BCUT2D eigenvalue weighted by atomic mass is 9.59. The summed E-state index contributed by atoms with van der Waals surface area (Å²) in [6, 6.07) is 11.3. The molecule has 102 valence electrons. The third kappa shape index (κ3) is 2.36. The molecule has 0 unspecified atom stereocenters. The third-order valence-corrected chi connectivity index (χ3v) is 5.30. The van der Waals surface area contributed by atoms with Crippen LogP contribution in [0.2, 0.25) is 0 Å². The highest BCUT2D eigenvalue weighted by molar-refractivity contribution is 5.28. The molecule has 1 aliphatic heterocycles. The highest BCUT2D eigenvalue weighted by Crippen LogP contribution is 2.48. The Morgan fingerprint density at radius 2 is 2.05 bits per heavy atom. The number of likely N-dealkylation sites (tertiary alicyclic amines) is 1. The van der Waals surface area contributed by atoms with Crippen LogP contribution < -0.4 is 0 Å². The molecule has 2 fully saturated rings. The largest absolute Gasteiger partial charge is 0.299 e. The Morgan fingerprint density at radius 1 is 1.21 bits per heavy atom. The number of fused-ring (bicyclic) bond motifs is 1. The van der Waals surface area contributed by atoms with Gasteiger partial charge in [0, 0.05) is 18.5 Å². The number of hydrogen-bond acceptors (Lipinski definition) is 1. The molecule has 3 rings (SSSR count). The van der Waals surface area contributed by atoms with Crippen LogP contribution in [0.5, 0.6) is 0 Å². The van der Waals surface area contributed by atoms with Gasteiger partial charge in [-0.2, -0.15) is 0 Å². The summed E-state index contributed by atoms with van der Waals surface area (Å²) in [5.74, 6) is 0.845. The lowest BCUT2D eigenvalue weighted by Gasteiger charge is -2.51. The number of benzene rings is 1. The second kappa shape index (κ2) is 5.50. The molecule has 1 nitrogen and oxygen atoms in total. The van der Waals surface area contributed by atoms with Crippen molar-refractivity contribution in [3.05, 3.63) is 48.6 Å². The fourth-order valence-electron chi connectivity index (χ4n) is 4.31. The normalized spacial score (nSPS) is 31.7. The maximum absolute atomic E-state index is 3.89. The first kappa shape index (κ1) is 12.9. The SMILES string of the molecule is C=CCN1CC[C@@]2(c3ccccc3)CCCC[C@@H]2C1. The number of hydrogen-bond donors (Lipinski definition) is 0. The van der Waals surface area contributed by atoms with Crippen LogP contribution in [-0.4, -0.2) is 24.5 Å². The van der Waals surface area contributed by atoms with Gasteiger partial charge in [-0.3, -0.25) is 4.90 Å². The molecule has 1 aromatic rings. The maximum Gasteiger partial charge on any atom is 0.0160 e. The molecule has 1 saturated heterocycles. The van der Waals surface area contributed by atoms with Gasteiger partial charge in [0.05, 0.1) is 0 Å².